The minimum absolute atomic E-state index is 0.00700. The number of carboxylic acid groups (broad SMARTS) is 2. The van der Waals surface area contributed by atoms with Crippen molar-refractivity contribution < 1.29 is 29.4 Å². The van der Waals surface area contributed by atoms with Crippen LogP contribution in [-0.4, -0.2) is 61.0 Å². The predicted molar refractivity (Wildman–Crippen MR) is 96.9 cm³/mol. The quantitative estimate of drug-likeness (QED) is 0.453. The number of thioether (sulfide) groups is 1. The normalized spacial score (nSPS) is 22.3. The van der Waals surface area contributed by atoms with Crippen molar-refractivity contribution in [1.82, 2.24) is 15.2 Å². The van der Waals surface area contributed by atoms with Gasteiger partial charge in [-0.1, -0.05) is 0 Å². The molecule has 1 aromatic rings. The number of amides is 2. The number of fused-ring (bicyclic) bond motifs is 1. The van der Waals surface area contributed by atoms with Crippen LogP contribution in [0.25, 0.3) is 0 Å². The van der Waals surface area contributed by atoms with Crippen LogP contribution in [0.3, 0.4) is 0 Å². The third-order valence-electron chi connectivity index (χ3n) is 4.22. The van der Waals surface area contributed by atoms with Crippen LogP contribution in [0.4, 0.5) is 5.13 Å². The van der Waals surface area contributed by atoms with E-state index in [-0.39, 0.29) is 23.7 Å². The van der Waals surface area contributed by atoms with E-state index in [1.165, 1.54) is 17.8 Å². The molecule has 0 aliphatic carbocycles. The molecule has 0 spiro atoms. The zero-order valence-corrected chi connectivity index (χ0v) is 15.5. The molecule has 0 aromatic carbocycles. The second-order valence-electron chi connectivity index (χ2n) is 5.91. The summed E-state index contributed by atoms with van der Waals surface area (Å²) < 4.78 is 0. The second-order valence-corrected chi connectivity index (χ2v) is 7.95. The summed E-state index contributed by atoms with van der Waals surface area (Å²) >= 11 is 2.47. The lowest BCUT2D eigenvalue weighted by Crippen LogP contribution is -2.70. The molecule has 1 unspecified atom stereocenters. The lowest BCUT2D eigenvalue weighted by molar-refractivity contribution is -0.150. The molecule has 0 radical (unpaired) electrons. The maximum atomic E-state index is 12.7. The number of aromatic nitrogens is 1. The summed E-state index contributed by atoms with van der Waals surface area (Å²) in [7, 11) is 0. The number of nitrogens with two attached hydrogens (primary N) is 1. The first-order chi connectivity index (χ1) is 12.8. The van der Waals surface area contributed by atoms with E-state index in [0.29, 0.717) is 11.4 Å². The molecule has 1 saturated heterocycles. The summed E-state index contributed by atoms with van der Waals surface area (Å²) in [5.74, 6) is -3.75. The molecule has 2 aliphatic rings. The Morgan fingerprint density at radius 2 is 2.15 bits per heavy atom. The average Bonchev–Trinajstić information content (AvgIpc) is 3.04. The summed E-state index contributed by atoms with van der Waals surface area (Å²) in [6, 6.07) is -0.867. The third kappa shape index (κ3) is 3.76. The first-order valence-electron chi connectivity index (χ1n) is 7.90. The van der Waals surface area contributed by atoms with Gasteiger partial charge in [0.25, 0.3) is 5.91 Å². The van der Waals surface area contributed by atoms with E-state index in [2.05, 4.69) is 10.3 Å². The van der Waals surface area contributed by atoms with Gasteiger partial charge in [0, 0.05) is 17.6 Å². The average molecular weight is 412 g/mol. The standard InChI is InChI=1S/C15H16N4O6S2/c16-15-17-7(5-27-15)6(1-2-9(20)21)11(22)18-10-12(23)19-8(14(24)25)3-4-26-13(10)19/h3,5-6,10,13H,1-2,4H2,(H2,16,17)(H,18,22)(H,20,21)(H,24,25)/t6?,10-,13-/m1/s1. The molecular formula is C15H16N4O6S2. The lowest BCUT2D eigenvalue weighted by atomic mass is 9.97. The molecule has 3 atom stereocenters. The molecule has 0 bridgehead atoms. The fraction of sp³-hybridized carbons (Fsp3) is 0.400. The highest BCUT2D eigenvalue weighted by atomic mass is 32.2. The summed E-state index contributed by atoms with van der Waals surface area (Å²) in [5.41, 5.74) is 5.85. The lowest BCUT2D eigenvalue weighted by Gasteiger charge is -2.48. The minimum atomic E-state index is -1.20. The van der Waals surface area contributed by atoms with Crippen LogP contribution in [0.5, 0.6) is 0 Å². The minimum Gasteiger partial charge on any atom is -0.481 e. The molecule has 10 nitrogen and oxygen atoms in total. The van der Waals surface area contributed by atoms with Gasteiger partial charge in [0.2, 0.25) is 5.91 Å². The van der Waals surface area contributed by atoms with Gasteiger partial charge < -0.3 is 21.3 Å². The molecule has 5 N–H and O–H groups in total. The summed E-state index contributed by atoms with van der Waals surface area (Å²) in [4.78, 5) is 52.4. The van der Waals surface area contributed by atoms with Crippen molar-refractivity contribution in [3.05, 3.63) is 22.8 Å². The van der Waals surface area contributed by atoms with Crippen LogP contribution in [0, 0.1) is 0 Å². The number of carboxylic acids is 2. The van der Waals surface area contributed by atoms with Crippen molar-refractivity contribution in [3.63, 3.8) is 0 Å². The molecule has 2 amide bonds. The molecule has 12 heteroatoms. The van der Waals surface area contributed by atoms with Crippen molar-refractivity contribution in [2.75, 3.05) is 11.5 Å². The van der Waals surface area contributed by atoms with Crippen LogP contribution < -0.4 is 11.1 Å². The summed E-state index contributed by atoms with van der Waals surface area (Å²) in [6.07, 6.45) is 1.21. The van der Waals surface area contributed by atoms with Gasteiger partial charge in [0.05, 0.1) is 11.6 Å². The number of carbonyl (C=O) groups is 4. The molecule has 1 fully saturated rings. The number of nitrogens with zero attached hydrogens (tertiary/aromatic N) is 2. The van der Waals surface area contributed by atoms with Gasteiger partial charge >= 0.3 is 11.9 Å². The molecule has 144 valence electrons. The SMILES string of the molecule is Nc1nc(C(CCC(=O)O)C(=O)N[C@@H]2C(=O)N3C(C(=O)O)=CCS[C@H]23)cs1. The predicted octanol–water partition coefficient (Wildman–Crippen LogP) is 0.0421. The molecule has 1 aromatic heterocycles. The van der Waals surface area contributed by atoms with Crippen LogP contribution in [0.15, 0.2) is 17.2 Å². The molecule has 3 rings (SSSR count). The van der Waals surface area contributed by atoms with Gasteiger partial charge in [-0.3, -0.25) is 19.3 Å². The van der Waals surface area contributed by atoms with Gasteiger partial charge in [0.15, 0.2) is 5.13 Å². The molecule has 27 heavy (non-hydrogen) atoms. The number of nitrogen functional groups attached to an aromatic ring is 1. The van der Waals surface area contributed by atoms with Crippen molar-refractivity contribution in [2.24, 2.45) is 0 Å². The fourth-order valence-electron chi connectivity index (χ4n) is 2.93. The van der Waals surface area contributed by atoms with Crippen molar-refractivity contribution >= 4 is 52.0 Å². The Morgan fingerprint density at radius 1 is 1.41 bits per heavy atom. The number of hydrogen-bond donors (Lipinski definition) is 4. The Labute approximate surface area is 161 Å². The van der Waals surface area contributed by atoms with Gasteiger partial charge in [-0.15, -0.1) is 23.1 Å². The largest absolute Gasteiger partial charge is 0.481 e. The zero-order chi connectivity index (χ0) is 19.7. The van der Waals surface area contributed by atoms with E-state index < -0.39 is 41.1 Å². The number of nitrogens with one attached hydrogen (secondary N) is 1. The summed E-state index contributed by atoms with van der Waals surface area (Å²) in [5, 5.41) is 22.0. The number of hydrogen-bond acceptors (Lipinski definition) is 8. The highest BCUT2D eigenvalue weighted by molar-refractivity contribution is 8.00. The smallest absolute Gasteiger partial charge is 0.352 e. The highest BCUT2D eigenvalue weighted by Crippen LogP contribution is 2.38. The van der Waals surface area contributed by atoms with Crippen molar-refractivity contribution in [1.29, 1.82) is 0 Å². The first kappa shape index (κ1) is 19.2. The van der Waals surface area contributed by atoms with Gasteiger partial charge in [-0.05, 0) is 12.5 Å². The van der Waals surface area contributed by atoms with Crippen LogP contribution in [-0.2, 0) is 19.2 Å². The monoisotopic (exact) mass is 412 g/mol. The Morgan fingerprint density at radius 3 is 2.74 bits per heavy atom. The van der Waals surface area contributed by atoms with E-state index in [1.807, 2.05) is 0 Å². The van der Waals surface area contributed by atoms with Crippen molar-refractivity contribution in [2.45, 2.75) is 30.2 Å². The maximum absolute atomic E-state index is 12.7. The van der Waals surface area contributed by atoms with E-state index >= 15 is 0 Å². The van der Waals surface area contributed by atoms with E-state index in [9.17, 15) is 24.3 Å². The number of β-lactam (4-membered cyclic amide) rings is 1. The van der Waals surface area contributed by atoms with Crippen LogP contribution in [0.2, 0.25) is 0 Å². The number of thiazole rings is 1. The van der Waals surface area contributed by atoms with Crippen LogP contribution in [0.1, 0.15) is 24.5 Å². The Hall–Kier alpha value is -2.60. The van der Waals surface area contributed by atoms with Crippen LogP contribution >= 0.6 is 23.1 Å². The fourth-order valence-corrected chi connectivity index (χ4v) is 4.75. The maximum Gasteiger partial charge on any atom is 0.352 e. The number of carbonyl (C=O) groups excluding carboxylic acids is 2. The Bertz CT molecular complexity index is 838. The van der Waals surface area contributed by atoms with Gasteiger partial charge in [-0.2, -0.15) is 0 Å². The number of anilines is 1. The van der Waals surface area contributed by atoms with Crippen molar-refractivity contribution in [3.8, 4) is 0 Å². The van der Waals surface area contributed by atoms with E-state index in [4.69, 9.17) is 10.8 Å². The third-order valence-corrected chi connectivity index (χ3v) is 6.10. The molecule has 2 aliphatic heterocycles. The zero-order valence-electron chi connectivity index (χ0n) is 13.8. The summed E-state index contributed by atoms with van der Waals surface area (Å²) in [6.45, 7) is 0. The van der Waals surface area contributed by atoms with Gasteiger partial charge in [0.1, 0.15) is 17.1 Å². The Balaban J connectivity index is 1.72. The molecule has 0 saturated carbocycles. The highest BCUT2D eigenvalue weighted by Gasteiger charge is 2.53. The van der Waals surface area contributed by atoms with E-state index in [1.54, 1.807) is 5.38 Å². The first-order valence-corrected chi connectivity index (χ1v) is 9.83. The van der Waals surface area contributed by atoms with E-state index in [0.717, 1.165) is 16.2 Å². The molecular weight excluding hydrogens is 396 g/mol. The topological polar surface area (TPSA) is 163 Å². The molecule has 3 heterocycles. The number of rotatable bonds is 7. The van der Waals surface area contributed by atoms with Gasteiger partial charge in [-0.25, -0.2) is 9.78 Å². The second kappa shape index (κ2) is 7.56. The Kier molecular flexibility index (Phi) is 5.37. The number of aliphatic carboxylic acids is 2.